The monoisotopic (exact) mass is 284 g/mol. The van der Waals surface area contributed by atoms with E-state index in [4.69, 9.17) is 9.47 Å². The van der Waals surface area contributed by atoms with Gasteiger partial charge < -0.3 is 9.47 Å². The molecule has 2 bridgehead atoms. The van der Waals surface area contributed by atoms with Gasteiger partial charge in [0.1, 0.15) is 19.0 Å². The Morgan fingerprint density at radius 3 is 2.55 bits per heavy atom. The van der Waals surface area contributed by atoms with Crippen molar-refractivity contribution in [2.75, 3.05) is 13.2 Å². The summed E-state index contributed by atoms with van der Waals surface area (Å²) < 4.78 is 15.0. The van der Waals surface area contributed by atoms with Crippen LogP contribution in [0.15, 0.2) is 48.0 Å². The first-order valence-corrected chi connectivity index (χ1v) is 7.53. The minimum atomic E-state index is 0.601. The first kappa shape index (κ1) is 11.7. The van der Waals surface area contributed by atoms with Crippen molar-refractivity contribution in [3.63, 3.8) is 0 Å². The topological polar surface area (TPSA) is 22.3 Å². The third kappa shape index (κ3) is 1.93. The summed E-state index contributed by atoms with van der Waals surface area (Å²) in [5, 5.41) is 0. The van der Waals surface area contributed by atoms with Crippen molar-refractivity contribution in [3.8, 4) is 11.5 Å². The highest BCUT2D eigenvalue weighted by atomic mass is 32.1. The lowest BCUT2D eigenvalue weighted by Gasteiger charge is -2.13. The van der Waals surface area contributed by atoms with Gasteiger partial charge in [0.15, 0.2) is 17.0 Å². The number of rotatable bonds is 2. The Morgan fingerprint density at radius 2 is 1.70 bits per heavy atom. The second-order valence-electron chi connectivity index (χ2n) is 4.77. The molecule has 0 aliphatic carbocycles. The number of hydrogen-bond acceptors (Lipinski definition) is 3. The summed E-state index contributed by atoms with van der Waals surface area (Å²) in [7, 11) is 0. The zero-order valence-electron chi connectivity index (χ0n) is 10.9. The number of nitrogens with zero attached hydrogens (tertiary/aromatic N) is 1. The van der Waals surface area contributed by atoms with Crippen LogP contribution in [0.5, 0.6) is 11.5 Å². The predicted octanol–water partition coefficient (Wildman–Crippen LogP) is 3.01. The van der Waals surface area contributed by atoms with Crippen LogP contribution in [0.1, 0.15) is 5.56 Å². The highest BCUT2D eigenvalue weighted by Crippen LogP contribution is 2.35. The molecule has 3 nitrogen and oxygen atoms in total. The normalized spacial score (nSPS) is 13.6. The van der Waals surface area contributed by atoms with Crippen LogP contribution in [0.25, 0.3) is 10.2 Å². The van der Waals surface area contributed by atoms with Gasteiger partial charge in [0.2, 0.25) is 5.51 Å². The minimum Gasteiger partial charge on any atom is -0.488 e. The lowest BCUT2D eigenvalue weighted by molar-refractivity contribution is -0.658. The minimum absolute atomic E-state index is 0.601. The van der Waals surface area contributed by atoms with Gasteiger partial charge in [-0.2, -0.15) is 4.57 Å². The first-order chi connectivity index (χ1) is 9.92. The van der Waals surface area contributed by atoms with Gasteiger partial charge in [-0.3, -0.25) is 0 Å². The lowest BCUT2D eigenvalue weighted by atomic mass is 10.2. The Labute approximate surface area is 121 Å². The number of thiazole rings is 1. The van der Waals surface area contributed by atoms with E-state index in [-0.39, 0.29) is 0 Å². The van der Waals surface area contributed by atoms with Crippen LogP contribution in [0.3, 0.4) is 0 Å². The van der Waals surface area contributed by atoms with Crippen molar-refractivity contribution in [2.24, 2.45) is 0 Å². The molecule has 20 heavy (non-hydrogen) atoms. The highest BCUT2D eigenvalue weighted by Gasteiger charge is 2.23. The lowest BCUT2D eigenvalue weighted by Crippen LogP contribution is -2.32. The summed E-state index contributed by atoms with van der Waals surface area (Å²) in [5.41, 5.74) is 4.56. The van der Waals surface area contributed by atoms with Crippen LogP contribution < -0.4 is 14.0 Å². The van der Waals surface area contributed by atoms with Crippen molar-refractivity contribution < 1.29 is 14.0 Å². The second kappa shape index (κ2) is 4.80. The molecule has 0 atom stereocenters. The third-order valence-electron chi connectivity index (χ3n) is 3.44. The van der Waals surface area contributed by atoms with E-state index in [0.29, 0.717) is 13.2 Å². The quantitative estimate of drug-likeness (QED) is 0.675. The molecule has 0 unspecified atom stereocenters. The number of hydrogen-bond donors (Lipinski definition) is 0. The Morgan fingerprint density at radius 1 is 0.950 bits per heavy atom. The van der Waals surface area contributed by atoms with Crippen molar-refractivity contribution in [3.05, 3.63) is 53.5 Å². The van der Waals surface area contributed by atoms with E-state index >= 15 is 0 Å². The van der Waals surface area contributed by atoms with E-state index in [1.807, 2.05) is 18.2 Å². The van der Waals surface area contributed by atoms with Crippen molar-refractivity contribution >= 4 is 21.6 Å². The van der Waals surface area contributed by atoms with Crippen LogP contribution in [0, 0.1) is 0 Å². The molecule has 1 aliphatic heterocycles. The number of fused-ring (bicyclic) bond motifs is 6. The summed E-state index contributed by atoms with van der Waals surface area (Å²) in [6, 6.07) is 14.5. The number of ether oxygens (including phenoxy) is 2. The Kier molecular flexibility index (Phi) is 2.81. The average Bonchev–Trinajstić information content (AvgIpc) is 2.84. The Hall–Kier alpha value is -2.07. The molecule has 0 fully saturated rings. The maximum Gasteiger partial charge on any atom is 0.269 e. The molecule has 1 aliphatic rings. The Bertz CT molecular complexity index is 752. The van der Waals surface area contributed by atoms with Gasteiger partial charge in [-0.25, -0.2) is 0 Å². The van der Waals surface area contributed by atoms with E-state index in [9.17, 15) is 0 Å². The SMILES string of the molecule is c1ccc(C[n+]2csc3c4ccc(c32)OCCO4)cc1. The molecular formula is C16H14NO2S+. The standard InChI is InChI=1S/C16H14NO2S/c1-2-4-12(5-3-1)10-17-11-20-16-14-7-6-13(15(16)17)18-8-9-19-14/h1-7,11H,8-10H2/q+1. The van der Waals surface area contributed by atoms with Crippen molar-refractivity contribution in [2.45, 2.75) is 6.54 Å². The van der Waals surface area contributed by atoms with Gasteiger partial charge in [0.05, 0.1) is 0 Å². The van der Waals surface area contributed by atoms with E-state index < -0.39 is 0 Å². The van der Waals surface area contributed by atoms with Crippen molar-refractivity contribution in [1.82, 2.24) is 0 Å². The van der Waals surface area contributed by atoms with Crippen LogP contribution in [0.2, 0.25) is 0 Å². The van der Waals surface area contributed by atoms with Gasteiger partial charge in [-0.1, -0.05) is 41.7 Å². The molecule has 0 saturated heterocycles. The first-order valence-electron chi connectivity index (χ1n) is 6.65. The third-order valence-corrected chi connectivity index (χ3v) is 4.43. The number of aromatic nitrogens is 1. The molecule has 100 valence electrons. The zero-order valence-corrected chi connectivity index (χ0v) is 11.7. The highest BCUT2D eigenvalue weighted by molar-refractivity contribution is 7.16. The molecule has 0 N–H and O–H groups in total. The summed E-state index contributed by atoms with van der Waals surface area (Å²) >= 11 is 1.71. The molecule has 0 saturated carbocycles. The summed E-state index contributed by atoms with van der Waals surface area (Å²) in [4.78, 5) is 0. The van der Waals surface area contributed by atoms with Crippen LogP contribution in [-0.2, 0) is 6.54 Å². The fourth-order valence-corrected chi connectivity index (χ4v) is 3.50. The van der Waals surface area contributed by atoms with Gasteiger partial charge >= 0.3 is 0 Å². The molecule has 0 amide bonds. The molecular weight excluding hydrogens is 270 g/mol. The molecule has 4 rings (SSSR count). The summed E-state index contributed by atoms with van der Waals surface area (Å²) in [6.45, 7) is 2.06. The van der Waals surface area contributed by atoms with E-state index in [0.717, 1.165) is 28.3 Å². The zero-order chi connectivity index (χ0) is 13.4. The predicted molar refractivity (Wildman–Crippen MR) is 78.6 cm³/mol. The van der Waals surface area contributed by atoms with E-state index in [1.165, 1.54) is 5.56 Å². The molecule has 3 aromatic rings. The van der Waals surface area contributed by atoms with Crippen LogP contribution >= 0.6 is 11.3 Å². The van der Waals surface area contributed by atoms with Crippen LogP contribution in [0.4, 0.5) is 0 Å². The van der Waals surface area contributed by atoms with E-state index in [2.05, 4.69) is 34.3 Å². The molecule has 0 spiro atoms. The molecule has 2 aromatic carbocycles. The van der Waals surface area contributed by atoms with Crippen LogP contribution in [-0.4, -0.2) is 13.2 Å². The maximum atomic E-state index is 5.81. The van der Waals surface area contributed by atoms with Gasteiger partial charge in [-0.05, 0) is 12.1 Å². The molecule has 0 radical (unpaired) electrons. The average molecular weight is 284 g/mol. The fraction of sp³-hybridized carbons (Fsp3) is 0.188. The van der Waals surface area contributed by atoms with E-state index in [1.54, 1.807) is 11.3 Å². The molecule has 2 heterocycles. The van der Waals surface area contributed by atoms with Crippen molar-refractivity contribution in [1.29, 1.82) is 0 Å². The molecule has 1 aromatic heterocycles. The number of benzene rings is 2. The summed E-state index contributed by atoms with van der Waals surface area (Å²) in [5.74, 6) is 1.91. The maximum absolute atomic E-state index is 5.81. The smallest absolute Gasteiger partial charge is 0.269 e. The summed E-state index contributed by atoms with van der Waals surface area (Å²) in [6.07, 6.45) is 0. The Balaban J connectivity index is 1.85. The van der Waals surface area contributed by atoms with Gasteiger partial charge in [0, 0.05) is 5.56 Å². The van der Waals surface area contributed by atoms with Gasteiger partial charge in [0.25, 0.3) is 5.52 Å². The van der Waals surface area contributed by atoms with Gasteiger partial charge in [-0.15, -0.1) is 0 Å². The largest absolute Gasteiger partial charge is 0.488 e. The molecule has 4 heteroatoms. The fourth-order valence-electron chi connectivity index (χ4n) is 2.52. The second-order valence-corrected chi connectivity index (χ2v) is 5.63.